The van der Waals surface area contributed by atoms with Crippen LogP contribution in [0, 0.1) is 13.8 Å². The number of hydrogen-bond acceptors (Lipinski definition) is 4. The van der Waals surface area contributed by atoms with E-state index >= 15 is 0 Å². The summed E-state index contributed by atoms with van der Waals surface area (Å²) in [7, 11) is 3.29. The summed E-state index contributed by atoms with van der Waals surface area (Å²) in [6.07, 6.45) is 4.47. The van der Waals surface area contributed by atoms with Gasteiger partial charge in [0.25, 0.3) is 0 Å². The van der Waals surface area contributed by atoms with Crippen molar-refractivity contribution in [3.8, 4) is 11.5 Å². The Balaban J connectivity index is 1.59. The molecule has 6 nitrogen and oxygen atoms in total. The predicted octanol–water partition coefficient (Wildman–Crippen LogP) is 5.64. The fraction of sp³-hybridized carbons (Fsp3) is 0.259. The number of nitrogens with zero attached hydrogens (tertiary/aromatic N) is 2. The number of thiocarbonyl (C=S) groups is 1. The maximum Gasteiger partial charge on any atom is 0.173 e. The van der Waals surface area contributed by atoms with Crippen molar-refractivity contribution in [1.29, 1.82) is 0 Å². The number of pyridine rings is 1. The van der Waals surface area contributed by atoms with Gasteiger partial charge in [-0.05, 0) is 80.0 Å². The van der Waals surface area contributed by atoms with Crippen LogP contribution in [0.2, 0.25) is 0 Å². The minimum absolute atomic E-state index is 0.622. The highest BCUT2D eigenvalue weighted by atomic mass is 32.1. The van der Waals surface area contributed by atoms with Crippen LogP contribution >= 0.6 is 12.2 Å². The lowest BCUT2D eigenvalue weighted by Crippen LogP contribution is -2.36. The van der Waals surface area contributed by atoms with Gasteiger partial charge < -0.3 is 24.7 Å². The smallest absolute Gasteiger partial charge is 0.173 e. The minimum atomic E-state index is 0.622. The standard InChI is InChI=1S/C27H30N4O2S/c1-18-5-7-24-23(15-18)22(19(2)29-24)11-14-31(17-20-9-12-28-13-10-20)27(34)30-25-16-21(32-3)6-8-26(25)33-4/h5-10,12-13,15-16,29H,11,14,17H2,1-4H3,(H,30,34). The number of benzene rings is 2. The molecule has 0 bridgehead atoms. The quantitative estimate of drug-likeness (QED) is 0.322. The topological polar surface area (TPSA) is 62.4 Å². The number of aryl methyl sites for hydroxylation is 2. The molecule has 7 heteroatoms. The van der Waals surface area contributed by atoms with E-state index in [4.69, 9.17) is 21.7 Å². The average molecular weight is 475 g/mol. The van der Waals surface area contributed by atoms with Gasteiger partial charge in [0.05, 0.1) is 19.9 Å². The van der Waals surface area contributed by atoms with Crippen molar-refractivity contribution >= 4 is 33.9 Å². The van der Waals surface area contributed by atoms with Gasteiger partial charge in [-0.1, -0.05) is 11.6 Å². The van der Waals surface area contributed by atoms with Gasteiger partial charge >= 0.3 is 0 Å². The number of H-pyrrole nitrogens is 1. The van der Waals surface area contributed by atoms with E-state index in [2.05, 4.69) is 52.2 Å². The third kappa shape index (κ3) is 5.31. The highest BCUT2D eigenvalue weighted by Crippen LogP contribution is 2.30. The molecule has 0 aliphatic rings. The molecule has 0 saturated heterocycles. The molecule has 2 N–H and O–H groups in total. The van der Waals surface area contributed by atoms with E-state index in [0.29, 0.717) is 17.4 Å². The van der Waals surface area contributed by atoms with Crippen molar-refractivity contribution < 1.29 is 9.47 Å². The molecular weight excluding hydrogens is 444 g/mol. The van der Waals surface area contributed by atoms with Crippen LogP contribution in [0.5, 0.6) is 11.5 Å². The van der Waals surface area contributed by atoms with Crippen LogP contribution in [0.1, 0.15) is 22.4 Å². The first-order valence-electron chi connectivity index (χ1n) is 11.2. The predicted molar refractivity (Wildman–Crippen MR) is 142 cm³/mol. The summed E-state index contributed by atoms with van der Waals surface area (Å²) in [5.74, 6) is 1.44. The number of ether oxygens (including phenoxy) is 2. The second-order valence-corrected chi connectivity index (χ2v) is 8.69. The molecule has 2 heterocycles. The van der Waals surface area contributed by atoms with Gasteiger partial charge in [-0.3, -0.25) is 4.98 Å². The Morgan fingerprint density at radius 3 is 2.56 bits per heavy atom. The summed E-state index contributed by atoms with van der Waals surface area (Å²) in [6.45, 7) is 5.68. The summed E-state index contributed by atoms with van der Waals surface area (Å²) < 4.78 is 10.9. The number of fused-ring (bicyclic) bond motifs is 1. The largest absolute Gasteiger partial charge is 0.497 e. The van der Waals surface area contributed by atoms with Crippen molar-refractivity contribution in [1.82, 2.24) is 14.9 Å². The first-order valence-corrected chi connectivity index (χ1v) is 11.6. The Labute approximate surface area is 205 Å². The van der Waals surface area contributed by atoms with E-state index in [-0.39, 0.29) is 0 Å². The van der Waals surface area contributed by atoms with Crippen molar-refractivity contribution in [2.45, 2.75) is 26.8 Å². The Kier molecular flexibility index (Phi) is 7.33. The molecule has 4 aromatic rings. The van der Waals surface area contributed by atoms with Crippen LogP contribution in [0.4, 0.5) is 5.69 Å². The van der Waals surface area contributed by atoms with E-state index in [9.17, 15) is 0 Å². The molecular formula is C27H30N4O2S. The SMILES string of the molecule is COc1ccc(OC)c(NC(=S)N(CCc2c(C)[nH]c3ccc(C)cc23)Cc2ccncc2)c1. The molecule has 0 aliphatic heterocycles. The molecule has 0 amide bonds. The van der Waals surface area contributed by atoms with Crippen molar-refractivity contribution in [2.75, 3.05) is 26.1 Å². The molecule has 0 saturated carbocycles. The minimum Gasteiger partial charge on any atom is -0.497 e. The molecule has 0 atom stereocenters. The van der Waals surface area contributed by atoms with Gasteiger partial charge in [0, 0.05) is 48.1 Å². The zero-order valence-corrected chi connectivity index (χ0v) is 20.8. The molecule has 34 heavy (non-hydrogen) atoms. The van der Waals surface area contributed by atoms with Crippen LogP contribution in [0.25, 0.3) is 10.9 Å². The lowest BCUT2D eigenvalue weighted by atomic mass is 10.1. The fourth-order valence-corrected chi connectivity index (χ4v) is 4.40. The van der Waals surface area contributed by atoms with Gasteiger partial charge in [0.1, 0.15) is 11.5 Å². The average Bonchev–Trinajstić information content (AvgIpc) is 3.16. The zero-order chi connectivity index (χ0) is 24.1. The highest BCUT2D eigenvalue weighted by molar-refractivity contribution is 7.80. The fourth-order valence-electron chi connectivity index (χ4n) is 4.13. The summed E-state index contributed by atoms with van der Waals surface area (Å²) in [5, 5.41) is 5.27. The van der Waals surface area contributed by atoms with E-state index in [1.807, 2.05) is 42.7 Å². The number of methoxy groups -OCH3 is 2. The highest BCUT2D eigenvalue weighted by Gasteiger charge is 2.16. The monoisotopic (exact) mass is 474 g/mol. The van der Waals surface area contributed by atoms with Crippen LogP contribution in [-0.2, 0) is 13.0 Å². The van der Waals surface area contributed by atoms with E-state index in [1.165, 1.54) is 27.7 Å². The summed E-state index contributed by atoms with van der Waals surface area (Å²) in [6, 6.07) is 16.2. The van der Waals surface area contributed by atoms with Gasteiger partial charge in [-0.15, -0.1) is 0 Å². The summed E-state index contributed by atoms with van der Waals surface area (Å²) in [5.41, 5.74) is 6.84. The lowest BCUT2D eigenvalue weighted by Gasteiger charge is -2.27. The Morgan fingerprint density at radius 2 is 1.82 bits per heavy atom. The molecule has 2 aromatic heterocycles. The Bertz CT molecular complexity index is 1290. The number of anilines is 1. The Hall–Kier alpha value is -3.58. The van der Waals surface area contributed by atoms with Crippen molar-refractivity contribution in [3.05, 3.63) is 83.3 Å². The molecule has 0 unspecified atom stereocenters. The van der Waals surface area contributed by atoms with E-state index < -0.39 is 0 Å². The van der Waals surface area contributed by atoms with Crippen LogP contribution in [-0.4, -0.2) is 40.7 Å². The normalized spacial score (nSPS) is 10.8. The summed E-state index contributed by atoms with van der Waals surface area (Å²) >= 11 is 5.88. The molecule has 0 fully saturated rings. The maximum atomic E-state index is 5.88. The Morgan fingerprint density at radius 1 is 1.03 bits per heavy atom. The number of aromatic amines is 1. The van der Waals surface area contributed by atoms with Crippen LogP contribution < -0.4 is 14.8 Å². The first-order chi connectivity index (χ1) is 16.5. The lowest BCUT2D eigenvalue weighted by molar-refractivity contribution is 0.403. The number of rotatable bonds is 8. The van der Waals surface area contributed by atoms with Crippen LogP contribution in [0.3, 0.4) is 0 Å². The summed E-state index contributed by atoms with van der Waals surface area (Å²) in [4.78, 5) is 9.84. The van der Waals surface area contributed by atoms with E-state index in [0.717, 1.165) is 30.0 Å². The zero-order valence-electron chi connectivity index (χ0n) is 20.0. The van der Waals surface area contributed by atoms with Crippen molar-refractivity contribution in [2.24, 2.45) is 0 Å². The second kappa shape index (κ2) is 10.6. The molecule has 0 aliphatic carbocycles. The molecule has 2 aromatic carbocycles. The number of aromatic nitrogens is 2. The number of nitrogens with one attached hydrogen (secondary N) is 2. The first kappa shape index (κ1) is 23.6. The molecule has 4 rings (SSSR count). The van der Waals surface area contributed by atoms with Gasteiger partial charge in [-0.2, -0.15) is 0 Å². The van der Waals surface area contributed by atoms with Crippen molar-refractivity contribution in [3.63, 3.8) is 0 Å². The van der Waals surface area contributed by atoms with Gasteiger partial charge in [0.15, 0.2) is 5.11 Å². The number of hydrogen-bond donors (Lipinski definition) is 2. The third-order valence-corrected chi connectivity index (χ3v) is 6.33. The van der Waals surface area contributed by atoms with Gasteiger partial charge in [-0.25, -0.2) is 0 Å². The van der Waals surface area contributed by atoms with E-state index in [1.54, 1.807) is 14.2 Å². The third-order valence-electron chi connectivity index (χ3n) is 5.96. The second-order valence-electron chi connectivity index (χ2n) is 8.30. The molecule has 176 valence electrons. The maximum absolute atomic E-state index is 5.88. The molecule has 0 radical (unpaired) electrons. The van der Waals surface area contributed by atoms with Crippen LogP contribution in [0.15, 0.2) is 60.9 Å². The van der Waals surface area contributed by atoms with Gasteiger partial charge in [0.2, 0.25) is 0 Å². The molecule has 0 spiro atoms.